The monoisotopic (exact) mass is 310 g/mol. The summed E-state index contributed by atoms with van der Waals surface area (Å²) in [4.78, 5) is 25.8. The number of nitrogens with zero attached hydrogens (tertiary/aromatic N) is 3. The van der Waals surface area contributed by atoms with Crippen LogP contribution in [-0.2, 0) is 9.59 Å². The number of anilines is 2. The van der Waals surface area contributed by atoms with Gasteiger partial charge in [-0.05, 0) is 25.1 Å². The van der Waals surface area contributed by atoms with E-state index < -0.39 is 5.92 Å². The number of hydrogen-bond acceptors (Lipinski definition) is 5. The number of carbonyl (C=O) groups excluding carboxylic acids is 2. The molecule has 0 saturated carbocycles. The lowest BCUT2D eigenvalue weighted by Crippen LogP contribution is -2.28. The number of carbonyl (C=O) groups is 2. The van der Waals surface area contributed by atoms with Crippen LogP contribution in [0.15, 0.2) is 34.9 Å². The van der Waals surface area contributed by atoms with Crippen LogP contribution in [0.3, 0.4) is 0 Å². The second-order valence-electron chi connectivity index (χ2n) is 5.38. The van der Waals surface area contributed by atoms with Crippen molar-refractivity contribution in [3.8, 4) is 6.07 Å². The first-order valence-corrected chi connectivity index (χ1v) is 7.11. The number of hydrogen-bond donors (Lipinski definition) is 1. The van der Waals surface area contributed by atoms with Crippen molar-refractivity contribution in [3.63, 3.8) is 0 Å². The van der Waals surface area contributed by atoms with Crippen LogP contribution in [0.5, 0.6) is 0 Å². The summed E-state index contributed by atoms with van der Waals surface area (Å²) in [7, 11) is 0. The lowest BCUT2D eigenvalue weighted by molar-refractivity contribution is -0.122. The maximum atomic E-state index is 12.3. The number of rotatable bonds is 3. The molecule has 1 aromatic heterocycles. The molecule has 0 aliphatic carbocycles. The largest absolute Gasteiger partial charge is 0.360 e. The van der Waals surface area contributed by atoms with Gasteiger partial charge in [0, 0.05) is 24.7 Å². The van der Waals surface area contributed by atoms with Gasteiger partial charge in [-0.1, -0.05) is 11.2 Å². The first kappa shape index (κ1) is 14.8. The molecule has 116 valence electrons. The lowest BCUT2D eigenvalue weighted by Gasteiger charge is -2.13. The number of aryl methyl sites for hydroxylation is 1. The average Bonchev–Trinajstić information content (AvgIpc) is 3.13. The fourth-order valence-electron chi connectivity index (χ4n) is 2.50. The molecule has 1 aliphatic rings. The van der Waals surface area contributed by atoms with E-state index in [1.165, 1.54) is 4.90 Å². The minimum Gasteiger partial charge on any atom is -0.360 e. The van der Waals surface area contributed by atoms with E-state index in [1.807, 2.05) is 6.07 Å². The molecule has 23 heavy (non-hydrogen) atoms. The Morgan fingerprint density at radius 3 is 3.00 bits per heavy atom. The summed E-state index contributed by atoms with van der Waals surface area (Å²) in [5.74, 6) is 0.147. The fraction of sp³-hybridized carbons (Fsp3) is 0.250. The topological polar surface area (TPSA) is 99.2 Å². The second kappa shape index (κ2) is 5.93. The van der Waals surface area contributed by atoms with Gasteiger partial charge in [-0.25, -0.2) is 0 Å². The summed E-state index contributed by atoms with van der Waals surface area (Å²) in [5, 5.41) is 15.4. The van der Waals surface area contributed by atoms with Crippen molar-refractivity contribution < 1.29 is 14.1 Å². The van der Waals surface area contributed by atoms with Crippen molar-refractivity contribution in [3.05, 3.63) is 41.7 Å². The Kier molecular flexibility index (Phi) is 3.81. The van der Waals surface area contributed by atoms with Crippen molar-refractivity contribution in [2.75, 3.05) is 16.8 Å². The fourth-order valence-corrected chi connectivity index (χ4v) is 2.50. The van der Waals surface area contributed by atoms with E-state index in [-0.39, 0.29) is 24.8 Å². The molecule has 2 heterocycles. The van der Waals surface area contributed by atoms with E-state index >= 15 is 0 Å². The Morgan fingerprint density at radius 2 is 2.30 bits per heavy atom. The molecule has 2 amide bonds. The SMILES string of the molecule is Cc1cc(N2CC(C(=O)Nc3cccc(C#N)c3)CC2=O)no1. The Hall–Kier alpha value is -3.14. The van der Waals surface area contributed by atoms with Crippen LogP contribution in [0.25, 0.3) is 0 Å². The quantitative estimate of drug-likeness (QED) is 0.932. The Labute approximate surface area is 132 Å². The normalized spacial score (nSPS) is 17.1. The second-order valence-corrected chi connectivity index (χ2v) is 5.38. The zero-order valence-electron chi connectivity index (χ0n) is 12.4. The van der Waals surface area contributed by atoms with E-state index in [0.29, 0.717) is 22.8 Å². The Balaban J connectivity index is 1.69. The van der Waals surface area contributed by atoms with E-state index in [0.717, 1.165) is 0 Å². The molecular weight excluding hydrogens is 296 g/mol. The molecule has 1 unspecified atom stereocenters. The standard InChI is InChI=1S/C16H14N4O3/c1-10-5-14(19-23-10)20-9-12(7-15(20)21)16(22)18-13-4-2-3-11(6-13)8-17/h2-6,12H,7,9H2,1H3,(H,18,22). The van der Waals surface area contributed by atoms with E-state index in [4.69, 9.17) is 9.78 Å². The summed E-state index contributed by atoms with van der Waals surface area (Å²) in [6.07, 6.45) is 0.121. The molecule has 1 atom stereocenters. The van der Waals surface area contributed by atoms with E-state index in [9.17, 15) is 9.59 Å². The van der Waals surface area contributed by atoms with Gasteiger partial charge in [0.1, 0.15) is 5.76 Å². The predicted molar refractivity (Wildman–Crippen MR) is 81.5 cm³/mol. The van der Waals surface area contributed by atoms with Gasteiger partial charge in [-0.15, -0.1) is 0 Å². The van der Waals surface area contributed by atoms with Gasteiger partial charge in [-0.2, -0.15) is 5.26 Å². The number of benzene rings is 1. The number of aromatic nitrogens is 1. The minimum absolute atomic E-state index is 0.121. The summed E-state index contributed by atoms with van der Waals surface area (Å²) < 4.78 is 4.97. The predicted octanol–water partition coefficient (Wildman–Crippen LogP) is 1.85. The molecule has 0 bridgehead atoms. The van der Waals surface area contributed by atoms with Crippen LogP contribution in [0.4, 0.5) is 11.5 Å². The van der Waals surface area contributed by atoms with Crippen LogP contribution in [0, 0.1) is 24.2 Å². The smallest absolute Gasteiger partial charge is 0.229 e. The van der Waals surface area contributed by atoms with Gasteiger partial charge in [-0.3, -0.25) is 14.5 Å². The number of nitrogens with one attached hydrogen (secondary N) is 1. The molecule has 7 nitrogen and oxygen atoms in total. The molecule has 3 rings (SSSR count). The molecule has 0 radical (unpaired) electrons. The Bertz CT molecular complexity index is 806. The summed E-state index contributed by atoms with van der Waals surface area (Å²) in [5.41, 5.74) is 1.00. The maximum absolute atomic E-state index is 12.3. The third-order valence-corrected chi connectivity index (χ3v) is 3.65. The summed E-state index contributed by atoms with van der Waals surface area (Å²) in [6.45, 7) is 2.00. The van der Waals surface area contributed by atoms with E-state index in [2.05, 4.69) is 10.5 Å². The number of nitriles is 1. The van der Waals surface area contributed by atoms with E-state index in [1.54, 1.807) is 37.3 Å². The Morgan fingerprint density at radius 1 is 1.48 bits per heavy atom. The molecule has 1 N–H and O–H groups in total. The van der Waals surface area contributed by atoms with Crippen molar-refractivity contribution in [1.82, 2.24) is 5.16 Å². The first-order valence-electron chi connectivity index (χ1n) is 7.11. The molecule has 1 aromatic carbocycles. The maximum Gasteiger partial charge on any atom is 0.229 e. The summed E-state index contributed by atoms with van der Waals surface area (Å²) >= 11 is 0. The van der Waals surface area contributed by atoms with Crippen LogP contribution < -0.4 is 10.2 Å². The highest BCUT2D eigenvalue weighted by molar-refractivity contribution is 6.03. The van der Waals surface area contributed by atoms with Gasteiger partial charge in [0.2, 0.25) is 11.8 Å². The van der Waals surface area contributed by atoms with Crippen LogP contribution in [0.2, 0.25) is 0 Å². The first-order chi connectivity index (χ1) is 11.1. The highest BCUT2D eigenvalue weighted by Crippen LogP contribution is 2.25. The average molecular weight is 310 g/mol. The molecule has 2 aromatic rings. The minimum atomic E-state index is -0.467. The van der Waals surface area contributed by atoms with Crippen molar-refractivity contribution >= 4 is 23.3 Å². The lowest BCUT2D eigenvalue weighted by atomic mass is 10.1. The van der Waals surface area contributed by atoms with Crippen molar-refractivity contribution in [1.29, 1.82) is 5.26 Å². The third kappa shape index (κ3) is 3.06. The van der Waals surface area contributed by atoms with Gasteiger partial charge in [0.25, 0.3) is 0 Å². The molecule has 7 heteroatoms. The molecule has 1 fully saturated rings. The van der Waals surface area contributed by atoms with Gasteiger partial charge in [0.15, 0.2) is 5.82 Å². The van der Waals surface area contributed by atoms with Crippen molar-refractivity contribution in [2.45, 2.75) is 13.3 Å². The molecule has 0 spiro atoms. The molecule has 1 saturated heterocycles. The molecule has 1 aliphatic heterocycles. The van der Waals surface area contributed by atoms with Gasteiger partial charge < -0.3 is 9.84 Å². The highest BCUT2D eigenvalue weighted by Gasteiger charge is 2.36. The van der Waals surface area contributed by atoms with Crippen LogP contribution >= 0.6 is 0 Å². The van der Waals surface area contributed by atoms with Crippen LogP contribution in [0.1, 0.15) is 17.7 Å². The van der Waals surface area contributed by atoms with Crippen molar-refractivity contribution in [2.24, 2.45) is 5.92 Å². The molecular formula is C16H14N4O3. The zero-order valence-corrected chi connectivity index (χ0v) is 12.4. The zero-order chi connectivity index (χ0) is 16.4. The highest BCUT2D eigenvalue weighted by atomic mass is 16.5. The summed E-state index contributed by atoms with van der Waals surface area (Å²) in [6, 6.07) is 10.3. The van der Waals surface area contributed by atoms with Gasteiger partial charge in [0.05, 0.1) is 17.6 Å². The third-order valence-electron chi connectivity index (χ3n) is 3.65. The van der Waals surface area contributed by atoms with Crippen LogP contribution in [-0.4, -0.2) is 23.5 Å². The van der Waals surface area contributed by atoms with Gasteiger partial charge >= 0.3 is 0 Å². The number of amides is 2.